The van der Waals surface area contributed by atoms with Crippen molar-refractivity contribution in [3.63, 3.8) is 0 Å². The molecule has 0 spiro atoms. The Kier molecular flexibility index (Phi) is 5.84. The maximum Gasteiger partial charge on any atom is 0.293 e. The van der Waals surface area contributed by atoms with Crippen LogP contribution in [0.4, 0.5) is 22.7 Å². The molecular weight excluding hydrogens is 372 g/mol. The molecule has 3 aromatic carbocycles. The molecule has 0 aromatic heterocycles. The van der Waals surface area contributed by atoms with Gasteiger partial charge in [-0.3, -0.25) is 19.7 Å². The van der Waals surface area contributed by atoms with Gasteiger partial charge in [-0.15, -0.1) is 0 Å². The number of benzene rings is 3. The van der Waals surface area contributed by atoms with Gasteiger partial charge in [0, 0.05) is 35.6 Å². The molecule has 3 N–H and O–H groups in total. The average molecular weight is 390 g/mol. The number of nitrogens with zero attached hydrogens (tertiary/aromatic N) is 1. The van der Waals surface area contributed by atoms with Crippen LogP contribution in [0.2, 0.25) is 0 Å². The molecular formula is C21H18N4O4. The van der Waals surface area contributed by atoms with Crippen molar-refractivity contribution in [1.29, 1.82) is 0 Å². The molecule has 0 radical (unpaired) electrons. The Hall–Kier alpha value is -4.20. The van der Waals surface area contributed by atoms with E-state index >= 15 is 0 Å². The molecule has 0 aliphatic heterocycles. The molecule has 0 atom stereocenters. The number of hydrogen-bond acceptors (Lipinski definition) is 5. The number of nitrogens with one attached hydrogen (secondary N) is 3. The van der Waals surface area contributed by atoms with Crippen LogP contribution in [0, 0.1) is 10.1 Å². The Morgan fingerprint density at radius 2 is 1.52 bits per heavy atom. The Morgan fingerprint density at radius 1 is 0.828 bits per heavy atom. The first-order valence-electron chi connectivity index (χ1n) is 8.72. The van der Waals surface area contributed by atoms with E-state index in [0.717, 1.165) is 0 Å². The Labute approximate surface area is 166 Å². The number of amides is 2. The van der Waals surface area contributed by atoms with Gasteiger partial charge in [-0.1, -0.05) is 24.3 Å². The summed E-state index contributed by atoms with van der Waals surface area (Å²) in [7, 11) is 1.51. The normalized spacial score (nSPS) is 10.1. The lowest BCUT2D eigenvalue weighted by atomic mass is 10.1. The molecule has 0 unspecified atom stereocenters. The molecule has 3 rings (SSSR count). The summed E-state index contributed by atoms with van der Waals surface area (Å²) in [4.78, 5) is 35.2. The average Bonchev–Trinajstić information content (AvgIpc) is 2.74. The van der Waals surface area contributed by atoms with Gasteiger partial charge in [0.1, 0.15) is 5.69 Å². The van der Waals surface area contributed by atoms with Crippen LogP contribution in [-0.4, -0.2) is 23.8 Å². The monoisotopic (exact) mass is 390 g/mol. The SMILES string of the molecule is CNC(=O)c1cccc(NC(=O)c2ccc(Nc3ccccc3)c([N+](=O)[O-])c2)c1. The summed E-state index contributed by atoms with van der Waals surface area (Å²) in [6.07, 6.45) is 0. The number of para-hydroxylation sites is 1. The lowest BCUT2D eigenvalue weighted by molar-refractivity contribution is -0.383. The molecule has 8 heteroatoms. The number of rotatable bonds is 6. The zero-order valence-electron chi connectivity index (χ0n) is 15.5. The highest BCUT2D eigenvalue weighted by Gasteiger charge is 2.18. The fourth-order valence-corrected chi connectivity index (χ4v) is 2.69. The van der Waals surface area contributed by atoms with Crippen molar-refractivity contribution in [2.45, 2.75) is 0 Å². The largest absolute Gasteiger partial charge is 0.355 e. The lowest BCUT2D eigenvalue weighted by Gasteiger charge is -2.10. The molecule has 2 amide bonds. The van der Waals surface area contributed by atoms with Gasteiger partial charge < -0.3 is 16.0 Å². The van der Waals surface area contributed by atoms with Gasteiger partial charge >= 0.3 is 0 Å². The van der Waals surface area contributed by atoms with Crippen molar-refractivity contribution >= 4 is 34.6 Å². The minimum absolute atomic E-state index is 0.126. The first-order valence-corrected chi connectivity index (χ1v) is 8.72. The van der Waals surface area contributed by atoms with Gasteiger partial charge in [0.25, 0.3) is 17.5 Å². The van der Waals surface area contributed by atoms with E-state index in [1.54, 1.807) is 30.3 Å². The second-order valence-corrected chi connectivity index (χ2v) is 6.09. The van der Waals surface area contributed by atoms with E-state index in [9.17, 15) is 19.7 Å². The predicted molar refractivity (Wildman–Crippen MR) is 111 cm³/mol. The van der Waals surface area contributed by atoms with Crippen LogP contribution in [0.15, 0.2) is 72.8 Å². The van der Waals surface area contributed by atoms with Crippen molar-refractivity contribution in [1.82, 2.24) is 5.32 Å². The molecule has 0 saturated heterocycles. The summed E-state index contributed by atoms with van der Waals surface area (Å²) < 4.78 is 0. The van der Waals surface area contributed by atoms with E-state index in [1.807, 2.05) is 18.2 Å². The number of anilines is 3. The van der Waals surface area contributed by atoms with Gasteiger partial charge in [-0.25, -0.2) is 0 Å². The number of hydrogen-bond donors (Lipinski definition) is 3. The van der Waals surface area contributed by atoms with E-state index in [0.29, 0.717) is 16.9 Å². The van der Waals surface area contributed by atoms with Crippen molar-refractivity contribution < 1.29 is 14.5 Å². The van der Waals surface area contributed by atoms with Crippen LogP contribution in [0.3, 0.4) is 0 Å². The molecule has 0 bridgehead atoms. The summed E-state index contributed by atoms with van der Waals surface area (Å²) >= 11 is 0. The fraction of sp³-hybridized carbons (Fsp3) is 0.0476. The molecule has 0 aliphatic rings. The van der Waals surface area contributed by atoms with E-state index in [-0.39, 0.29) is 22.8 Å². The maximum atomic E-state index is 12.6. The van der Waals surface area contributed by atoms with Crippen LogP contribution in [0.5, 0.6) is 0 Å². The van der Waals surface area contributed by atoms with Crippen LogP contribution in [-0.2, 0) is 0 Å². The number of nitro groups is 1. The first kappa shape index (κ1) is 19.6. The van der Waals surface area contributed by atoms with Crippen LogP contribution in [0.1, 0.15) is 20.7 Å². The molecule has 0 heterocycles. The van der Waals surface area contributed by atoms with E-state index in [2.05, 4.69) is 16.0 Å². The number of carbonyl (C=O) groups is 2. The van der Waals surface area contributed by atoms with E-state index in [4.69, 9.17) is 0 Å². The van der Waals surface area contributed by atoms with Crippen molar-refractivity contribution in [2.75, 3.05) is 17.7 Å². The third-order valence-corrected chi connectivity index (χ3v) is 4.12. The molecule has 146 valence electrons. The second-order valence-electron chi connectivity index (χ2n) is 6.09. The molecule has 0 aliphatic carbocycles. The quantitative estimate of drug-likeness (QED) is 0.436. The smallest absolute Gasteiger partial charge is 0.293 e. The topological polar surface area (TPSA) is 113 Å². The first-order chi connectivity index (χ1) is 14.0. The highest BCUT2D eigenvalue weighted by atomic mass is 16.6. The molecule has 3 aromatic rings. The van der Waals surface area contributed by atoms with Gasteiger partial charge in [0.15, 0.2) is 0 Å². The van der Waals surface area contributed by atoms with Crippen molar-refractivity contribution in [3.05, 3.63) is 94.0 Å². The standard InChI is InChI=1S/C21H18N4O4/c1-22-20(26)14-6-5-9-17(12-14)24-21(27)15-10-11-18(19(13-15)25(28)29)23-16-7-3-2-4-8-16/h2-13,23H,1H3,(H,22,26)(H,24,27). The van der Waals surface area contributed by atoms with Crippen LogP contribution in [0.25, 0.3) is 0 Å². The van der Waals surface area contributed by atoms with Gasteiger partial charge in [0.05, 0.1) is 4.92 Å². The zero-order valence-corrected chi connectivity index (χ0v) is 15.5. The Balaban J connectivity index is 1.83. The minimum atomic E-state index is -0.547. The second kappa shape index (κ2) is 8.66. The van der Waals surface area contributed by atoms with Crippen molar-refractivity contribution in [3.8, 4) is 0 Å². The van der Waals surface area contributed by atoms with E-state index < -0.39 is 10.8 Å². The van der Waals surface area contributed by atoms with Crippen LogP contribution < -0.4 is 16.0 Å². The number of nitro benzene ring substituents is 1. The third kappa shape index (κ3) is 4.75. The molecule has 29 heavy (non-hydrogen) atoms. The lowest BCUT2D eigenvalue weighted by Crippen LogP contribution is -2.18. The highest BCUT2D eigenvalue weighted by molar-refractivity contribution is 6.06. The van der Waals surface area contributed by atoms with Gasteiger partial charge in [-0.2, -0.15) is 0 Å². The summed E-state index contributed by atoms with van der Waals surface area (Å²) in [6, 6.07) is 19.6. The maximum absolute atomic E-state index is 12.6. The highest BCUT2D eigenvalue weighted by Crippen LogP contribution is 2.29. The predicted octanol–water partition coefficient (Wildman–Crippen LogP) is 3.95. The van der Waals surface area contributed by atoms with E-state index in [1.165, 1.54) is 31.3 Å². The van der Waals surface area contributed by atoms with Crippen LogP contribution >= 0.6 is 0 Å². The molecule has 0 fully saturated rings. The minimum Gasteiger partial charge on any atom is -0.355 e. The number of carbonyl (C=O) groups excluding carboxylic acids is 2. The summed E-state index contributed by atoms with van der Waals surface area (Å²) in [5.41, 5.74) is 1.67. The Bertz CT molecular complexity index is 1070. The summed E-state index contributed by atoms with van der Waals surface area (Å²) in [5, 5.41) is 19.6. The van der Waals surface area contributed by atoms with Crippen molar-refractivity contribution in [2.24, 2.45) is 0 Å². The molecule has 0 saturated carbocycles. The zero-order chi connectivity index (χ0) is 20.8. The van der Waals surface area contributed by atoms with Gasteiger partial charge in [-0.05, 0) is 42.5 Å². The van der Waals surface area contributed by atoms with Gasteiger partial charge in [0.2, 0.25) is 0 Å². The summed E-state index contributed by atoms with van der Waals surface area (Å²) in [6.45, 7) is 0. The summed E-state index contributed by atoms with van der Waals surface area (Å²) in [5.74, 6) is -0.804. The molecule has 8 nitrogen and oxygen atoms in total. The fourth-order valence-electron chi connectivity index (χ4n) is 2.69. The third-order valence-electron chi connectivity index (χ3n) is 4.12. The Morgan fingerprint density at radius 3 is 2.21 bits per heavy atom.